The van der Waals surface area contributed by atoms with Crippen molar-refractivity contribution >= 4 is 6.09 Å². The van der Waals surface area contributed by atoms with Crippen molar-refractivity contribution in [2.24, 2.45) is 0 Å². The molecule has 40 heavy (non-hydrogen) atoms. The molecule has 0 rings (SSSR count). The molecule has 0 N–H and O–H groups in total. The zero-order chi connectivity index (χ0) is 29.2. The van der Waals surface area contributed by atoms with Crippen LogP contribution in [-0.2, 0) is 4.74 Å². The minimum Gasteiger partial charge on any atom is -0.450 e. The van der Waals surface area contributed by atoms with Crippen molar-refractivity contribution in [1.29, 1.82) is 0 Å². The molecule has 0 aromatic rings. The maximum Gasteiger partial charge on any atom is 0.409 e. The Morgan fingerprint density at radius 1 is 0.375 bits per heavy atom. The molecule has 0 aliphatic carbocycles. The van der Waals surface area contributed by atoms with Crippen LogP contribution in [0.5, 0.6) is 0 Å². The average molecular weight is 566 g/mol. The highest BCUT2D eigenvalue weighted by Crippen LogP contribution is 2.15. The van der Waals surface area contributed by atoms with Gasteiger partial charge in [0.25, 0.3) is 0 Å². The molecule has 0 aliphatic heterocycles. The van der Waals surface area contributed by atoms with Crippen LogP contribution in [0.2, 0.25) is 0 Å². The number of carbonyl (C=O) groups excluding carboxylic acids is 1. The Kier molecular flexibility index (Phi) is 33.8. The summed E-state index contributed by atoms with van der Waals surface area (Å²) in [6.45, 7) is 8.72. The second kappa shape index (κ2) is 34.5. The van der Waals surface area contributed by atoms with E-state index in [1.807, 2.05) is 11.8 Å². The number of amides is 1. The lowest BCUT2D eigenvalue weighted by atomic mass is 10.0. The van der Waals surface area contributed by atoms with Gasteiger partial charge in [-0.25, -0.2) is 4.79 Å². The van der Waals surface area contributed by atoms with Gasteiger partial charge >= 0.3 is 6.09 Å². The van der Waals surface area contributed by atoms with Crippen LogP contribution in [0.4, 0.5) is 4.79 Å². The van der Waals surface area contributed by atoms with Crippen molar-refractivity contribution in [3.05, 3.63) is 0 Å². The highest BCUT2D eigenvalue weighted by atomic mass is 16.6. The van der Waals surface area contributed by atoms with Crippen LogP contribution in [0.15, 0.2) is 0 Å². The molecular formula is C37H75NO2. The fraction of sp³-hybridized carbons (Fsp3) is 0.973. The van der Waals surface area contributed by atoms with Crippen molar-refractivity contribution in [2.75, 3.05) is 19.7 Å². The normalized spacial score (nSPS) is 11.3. The summed E-state index contributed by atoms with van der Waals surface area (Å²) in [4.78, 5) is 14.4. The third-order valence-corrected chi connectivity index (χ3v) is 8.59. The zero-order valence-electron chi connectivity index (χ0n) is 28.1. The molecular weight excluding hydrogens is 490 g/mol. The van der Waals surface area contributed by atoms with Gasteiger partial charge in [0.1, 0.15) is 0 Å². The molecule has 3 nitrogen and oxygen atoms in total. The van der Waals surface area contributed by atoms with Crippen molar-refractivity contribution < 1.29 is 9.53 Å². The molecule has 0 bridgehead atoms. The van der Waals surface area contributed by atoms with Crippen molar-refractivity contribution in [3.63, 3.8) is 0 Å². The van der Waals surface area contributed by atoms with Crippen molar-refractivity contribution in [2.45, 2.75) is 213 Å². The number of ether oxygens (including phenoxy) is 1. The van der Waals surface area contributed by atoms with E-state index in [4.69, 9.17) is 4.74 Å². The molecule has 0 saturated carbocycles. The lowest BCUT2D eigenvalue weighted by Gasteiger charge is -2.22. The van der Waals surface area contributed by atoms with Crippen molar-refractivity contribution in [3.8, 4) is 0 Å². The van der Waals surface area contributed by atoms with Crippen molar-refractivity contribution in [1.82, 2.24) is 4.90 Å². The van der Waals surface area contributed by atoms with Gasteiger partial charge in [-0.3, -0.25) is 0 Å². The van der Waals surface area contributed by atoms with Crippen LogP contribution >= 0.6 is 0 Å². The highest BCUT2D eigenvalue weighted by molar-refractivity contribution is 5.67. The van der Waals surface area contributed by atoms with E-state index in [1.54, 1.807) is 0 Å². The van der Waals surface area contributed by atoms with E-state index in [-0.39, 0.29) is 6.09 Å². The van der Waals surface area contributed by atoms with E-state index in [0.717, 1.165) is 25.9 Å². The summed E-state index contributed by atoms with van der Waals surface area (Å²) in [6.07, 6.45) is 41.2. The van der Waals surface area contributed by atoms with Gasteiger partial charge in [0.05, 0.1) is 6.61 Å². The van der Waals surface area contributed by atoms with Gasteiger partial charge in [0, 0.05) is 13.1 Å². The van der Waals surface area contributed by atoms with E-state index in [2.05, 4.69) is 13.8 Å². The largest absolute Gasteiger partial charge is 0.450 e. The topological polar surface area (TPSA) is 29.5 Å². The summed E-state index contributed by atoms with van der Waals surface area (Å²) in [5.41, 5.74) is 0. The average Bonchev–Trinajstić information content (AvgIpc) is 2.96. The standard InChI is InChI=1S/C37H75NO2/c1-4-7-9-11-13-15-17-19-21-22-24-26-28-30-32-34-36-38(37(39)40-6-3)35-33-31-29-27-25-23-20-18-16-14-12-10-8-5-2/h4-36H2,1-3H3. The lowest BCUT2D eigenvalue weighted by Crippen LogP contribution is -2.33. The molecule has 0 atom stereocenters. The predicted molar refractivity (Wildman–Crippen MR) is 178 cm³/mol. The molecule has 0 aliphatic rings. The number of rotatable bonds is 33. The smallest absolute Gasteiger partial charge is 0.409 e. The second-order valence-corrected chi connectivity index (χ2v) is 12.6. The van der Waals surface area contributed by atoms with E-state index >= 15 is 0 Å². The number of hydrogen-bond donors (Lipinski definition) is 0. The number of hydrogen-bond acceptors (Lipinski definition) is 2. The predicted octanol–water partition coefficient (Wildman–Crippen LogP) is 13.2. The summed E-state index contributed by atoms with van der Waals surface area (Å²) in [5, 5.41) is 0. The molecule has 1 amide bonds. The maximum atomic E-state index is 12.4. The van der Waals surface area contributed by atoms with E-state index in [9.17, 15) is 4.79 Å². The van der Waals surface area contributed by atoms with E-state index in [0.29, 0.717) is 6.61 Å². The monoisotopic (exact) mass is 566 g/mol. The SMILES string of the molecule is CCCCCCCCCCCCCCCCCCN(CCCCCCCCCCCCCCCC)C(=O)OCC. The van der Waals surface area contributed by atoms with Gasteiger partial charge < -0.3 is 9.64 Å². The Morgan fingerprint density at radius 2 is 0.600 bits per heavy atom. The zero-order valence-corrected chi connectivity index (χ0v) is 28.1. The van der Waals surface area contributed by atoms with Crippen LogP contribution in [-0.4, -0.2) is 30.7 Å². The second-order valence-electron chi connectivity index (χ2n) is 12.6. The van der Waals surface area contributed by atoms with Crippen LogP contribution in [0.25, 0.3) is 0 Å². The Bertz CT molecular complexity index is 481. The van der Waals surface area contributed by atoms with Gasteiger partial charge in [-0.05, 0) is 19.8 Å². The Labute approximate surface area is 253 Å². The summed E-state index contributed by atoms with van der Waals surface area (Å²) >= 11 is 0. The highest BCUT2D eigenvalue weighted by Gasteiger charge is 2.13. The van der Waals surface area contributed by atoms with Crippen LogP contribution in [0.3, 0.4) is 0 Å². The summed E-state index contributed by atoms with van der Waals surface area (Å²) in [7, 11) is 0. The van der Waals surface area contributed by atoms with Gasteiger partial charge in [0.2, 0.25) is 0 Å². The lowest BCUT2D eigenvalue weighted by molar-refractivity contribution is 0.105. The molecule has 0 unspecified atom stereocenters. The maximum absolute atomic E-state index is 12.4. The molecule has 0 saturated heterocycles. The Balaban J connectivity index is 3.59. The third kappa shape index (κ3) is 30.2. The van der Waals surface area contributed by atoms with E-state index < -0.39 is 0 Å². The molecule has 3 heteroatoms. The number of nitrogens with zero attached hydrogens (tertiary/aromatic N) is 1. The Hall–Kier alpha value is -0.730. The van der Waals surface area contributed by atoms with Crippen LogP contribution < -0.4 is 0 Å². The van der Waals surface area contributed by atoms with Gasteiger partial charge in [-0.1, -0.05) is 194 Å². The molecule has 0 radical (unpaired) electrons. The molecule has 240 valence electrons. The molecule has 0 spiro atoms. The first-order valence-electron chi connectivity index (χ1n) is 18.7. The van der Waals surface area contributed by atoms with Gasteiger partial charge in [-0.2, -0.15) is 0 Å². The fourth-order valence-corrected chi connectivity index (χ4v) is 5.86. The quantitative estimate of drug-likeness (QED) is 0.0740. The minimum absolute atomic E-state index is 0.0989. The fourth-order valence-electron chi connectivity index (χ4n) is 5.86. The van der Waals surface area contributed by atoms with Crippen LogP contribution in [0.1, 0.15) is 213 Å². The van der Waals surface area contributed by atoms with Crippen LogP contribution in [0, 0.1) is 0 Å². The number of carbonyl (C=O) groups is 1. The first-order chi connectivity index (χ1) is 19.8. The minimum atomic E-state index is -0.0989. The first-order valence-corrected chi connectivity index (χ1v) is 18.7. The number of unbranched alkanes of at least 4 members (excludes halogenated alkanes) is 28. The van der Waals surface area contributed by atoms with Gasteiger partial charge in [0.15, 0.2) is 0 Å². The first kappa shape index (κ1) is 39.3. The summed E-state index contributed by atoms with van der Waals surface area (Å²) < 4.78 is 5.34. The summed E-state index contributed by atoms with van der Waals surface area (Å²) in [5.74, 6) is 0. The third-order valence-electron chi connectivity index (χ3n) is 8.59. The Morgan fingerprint density at radius 3 is 0.825 bits per heavy atom. The van der Waals surface area contributed by atoms with Gasteiger partial charge in [-0.15, -0.1) is 0 Å². The van der Waals surface area contributed by atoms with E-state index in [1.165, 1.54) is 180 Å². The molecule has 0 aromatic heterocycles. The molecule has 0 aromatic carbocycles. The molecule has 0 heterocycles. The molecule has 0 fully saturated rings. The summed E-state index contributed by atoms with van der Waals surface area (Å²) in [6, 6.07) is 0.